The fourth-order valence-electron chi connectivity index (χ4n) is 1.98. The highest BCUT2D eigenvalue weighted by Gasteiger charge is 2.16. The number of aliphatic hydroxyl groups excluding tert-OH is 4. The van der Waals surface area contributed by atoms with Crippen LogP contribution in [0, 0.1) is 0 Å². The molecule has 1 heterocycles. The van der Waals surface area contributed by atoms with Gasteiger partial charge in [-0.15, -0.1) is 0 Å². The Hall–Kier alpha value is -1.09. The molecule has 13 heteroatoms. The Balaban J connectivity index is 2.34. The summed E-state index contributed by atoms with van der Waals surface area (Å²) in [6, 6.07) is 3.74. The molecule has 0 saturated heterocycles. The van der Waals surface area contributed by atoms with Crippen molar-refractivity contribution in [3.8, 4) is 0 Å². The Labute approximate surface area is 180 Å². The van der Waals surface area contributed by atoms with Gasteiger partial charge in [-0.2, -0.15) is 15.0 Å². The Bertz CT molecular complexity index is 723. The molecule has 0 amide bonds. The van der Waals surface area contributed by atoms with Crippen molar-refractivity contribution >= 4 is 65.4 Å². The SMILES string of the molecule is OCN(CO)c1nc(CNc2c(Br)cc(Br)cc2Br)nc(N(CO)CO)n1. The first-order valence-corrected chi connectivity index (χ1v) is 9.88. The average Bonchev–Trinajstić information content (AvgIpc) is 2.63. The van der Waals surface area contributed by atoms with Crippen molar-refractivity contribution in [1.29, 1.82) is 0 Å². The van der Waals surface area contributed by atoms with E-state index in [0.29, 0.717) is 0 Å². The normalized spacial score (nSPS) is 10.8. The monoisotopic (exact) mass is 570 g/mol. The second-order valence-electron chi connectivity index (χ2n) is 5.09. The molecule has 0 atom stereocenters. The molecule has 27 heavy (non-hydrogen) atoms. The summed E-state index contributed by atoms with van der Waals surface area (Å²) in [6.45, 7) is -1.90. The van der Waals surface area contributed by atoms with Gasteiger partial charge >= 0.3 is 0 Å². The van der Waals surface area contributed by atoms with Crippen LogP contribution in [0.4, 0.5) is 17.6 Å². The lowest BCUT2D eigenvalue weighted by atomic mass is 10.3. The van der Waals surface area contributed by atoms with Crippen LogP contribution in [0.1, 0.15) is 5.82 Å². The van der Waals surface area contributed by atoms with E-state index in [4.69, 9.17) is 0 Å². The van der Waals surface area contributed by atoms with Gasteiger partial charge < -0.3 is 25.7 Å². The molecule has 0 radical (unpaired) electrons. The lowest BCUT2D eigenvalue weighted by molar-refractivity contribution is 0.217. The third kappa shape index (κ3) is 5.70. The van der Waals surface area contributed by atoms with E-state index in [1.54, 1.807) is 0 Å². The van der Waals surface area contributed by atoms with Gasteiger partial charge in [-0.05, 0) is 44.0 Å². The smallest absolute Gasteiger partial charge is 0.234 e. The molecule has 0 spiro atoms. The van der Waals surface area contributed by atoms with E-state index in [0.717, 1.165) is 28.9 Å². The summed E-state index contributed by atoms with van der Waals surface area (Å²) < 4.78 is 2.50. The van der Waals surface area contributed by atoms with Gasteiger partial charge in [-0.25, -0.2) is 0 Å². The van der Waals surface area contributed by atoms with E-state index in [9.17, 15) is 20.4 Å². The molecule has 10 nitrogen and oxygen atoms in total. The van der Waals surface area contributed by atoms with E-state index in [1.165, 1.54) is 0 Å². The topological polar surface area (TPSA) is 138 Å². The van der Waals surface area contributed by atoms with Crippen molar-refractivity contribution in [1.82, 2.24) is 15.0 Å². The highest BCUT2D eigenvalue weighted by atomic mass is 79.9. The minimum absolute atomic E-state index is 0.00244. The molecule has 0 saturated carbocycles. The summed E-state index contributed by atoms with van der Waals surface area (Å²) >= 11 is 10.3. The molecule has 0 fully saturated rings. The Kier molecular flexibility index (Phi) is 8.60. The summed E-state index contributed by atoms with van der Waals surface area (Å²) in [5.74, 6) is 0.279. The van der Waals surface area contributed by atoms with Gasteiger partial charge in [-0.1, -0.05) is 15.9 Å². The maximum Gasteiger partial charge on any atom is 0.234 e. The zero-order valence-corrected chi connectivity index (χ0v) is 18.6. The van der Waals surface area contributed by atoms with Crippen molar-refractivity contribution in [2.24, 2.45) is 0 Å². The number of aliphatic hydroxyl groups is 4. The third-order valence-corrected chi connectivity index (χ3v) is 5.05. The second kappa shape index (κ2) is 10.5. The number of aromatic nitrogens is 3. The molecule has 5 N–H and O–H groups in total. The van der Waals surface area contributed by atoms with Gasteiger partial charge in [0.2, 0.25) is 11.9 Å². The zero-order chi connectivity index (χ0) is 20.0. The lowest BCUT2D eigenvalue weighted by Crippen LogP contribution is -2.31. The first-order chi connectivity index (χ1) is 12.9. The lowest BCUT2D eigenvalue weighted by Gasteiger charge is -2.21. The predicted molar refractivity (Wildman–Crippen MR) is 110 cm³/mol. The Morgan fingerprint density at radius 1 is 0.778 bits per heavy atom. The van der Waals surface area contributed by atoms with Gasteiger partial charge in [0.05, 0.1) is 12.2 Å². The summed E-state index contributed by atoms with van der Waals surface area (Å²) in [5, 5.41) is 40.5. The quantitative estimate of drug-likeness (QED) is 0.279. The van der Waals surface area contributed by atoms with Gasteiger partial charge in [0.25, 0.3) is 0 Å². The number of nitrogens with one attached hydrogen (secondary N) is 1. The van der Waals surface area contributed by atoms with Crippen LogP contribution in [0.15, 0.2) is 25.6 Å². The number of hydrogen-bond donors (Lipinski definition) is 5. The van der Waals surface area contributed by atoms with Gasteiger partial charge in [0.15, 0.2) is 5.82 Å². The maximum atomic E-state index is 9.34. The molecule has 2 aromatic rings. The first-order valence-electron chi connectivity index (χ1n) is 7.50. The van der Waals surface area contributed by atoms with Crippen molar-refractivity contribution in [2.75, 3.05) is 42.0 Å². The maximum absolute atomic E-state index is 9.34. The number of hydrogen-bond acceptors (Lipinski definition) is 10. The van der Waals surface area contributed by atoms with Gasteiger partial charge in [0.1, 0.15) is 26.9 Å². The summed E-state index contributed by atoms with van der Waals surface area (Å²) in [6.07, 6.45) is 0. The molecule has 2 rings (SSSR count). The van der Waals surface area contributed by atoms with Crippen LogP contribution < -0.4 is 15.1 Å². The van der Waals surface area contributed by atoms with Crippen LogP contribution in [0.5, 0.6) is 0 Å². The molecule has 148 valence electrons. The molecule has 0 bridgehead atoms. The van der Waals surface area contributed by atoms with Crippen LogP contribution >= 0.6 is 47.8 Å². The number of rotatable bonds is 9. The van der Waals surface area contributed by atoms with Gasteiger partial charge in [0, 0.05) is 13.4 Å². The summed E-state index contributed by atoms with van der Waals surface area (Å²) in [4.78, 5) is 14.7. The molecule has 1 aromatic carbocycles. The number of halogens is 3. The van der Waals surface area contributed by atoms with E-state index in [-0.39, 0.29) is 24.3 Å². The molecule has 0 unspecified atom stereocenters. The Morgan fingerprint density at radius 3 is 1.63 bits per heavy atom. The van der Waals surface area contributed by atoms with Crippen LogP contribution in [0.25, 0.3) is 0 Å². The van der Waals surface area contributed by atoms with E-state index in [2.05, 4.69) is 68.1 Å². The van der Waals surface area contributed by atoms with Gasteiger partial charge in [-0.3, -0.25) is 9.80 Å². The molecule has 0 aliphatic heterocycles. The van der Waals surface area contributed by atoms with Crippen molar-refractivity contribution in [3.05, 3.63) is 31.4 Å². The third-order valence-electron chi connectivity index (χ3n) is 3.34. The van der Waals surface area contributed by atoms with E-state index in [1.807, 2.05) is 12.1 Å². The first kappa shape index (κ1) is 22.2. The molecule has 1 aromatic heterocycles. The minimum atomic E-state index is -0.519. The predicted octanol–water partition coefficient (Wildman–Crippen LogP) is 1.18. The fraction of sp³-hybridized carbons (Fsp3) is 0.357. The summed E-state index contributed by atoms with van der Waals surface area (Å²) in [5.41, 5.74) is 0.768. The fourth-order valence-corrected chi connectivity index (χ4v) is 4.52. The average molecular weight is 573 g/mol. The minimum Gasteiger partial charge on any atom is -0.376 e. The largest absolute Gasteiger partial charge is 0.376 e. The Morgan fingerprint density at radius 2 is 1.22 bits per heavy atom. The number of anilines is 3. The molecular formula is C14H17Br3N6O4. The van der Waals surface area contributed by atoms with Crippen molar-refractivity contribution in [3.63, 3.8) is 0 Å². The van der Waals surface area contributed by atoms with E-state index < -0.39 is 26.9 Å². The molecular weight excluding hydrogens is 556 g/mol. The summed E-state index contributed by atoms with van der Waals surface area (Å²) in [7, 11) is 0. The number of nitrogens with zero attached hydrogens (tertiary/aromatic N) is 5. The van der Waals surface area contributed by atoms with E-state index >= 15 is 0 Å². The van der Waals surface area contributed by atoms with Crippen molar-refractivity contribution in [2.45, 2.75) is 6.54 Å². The van der Waals surface area contributed by atoms with Crippen LogP contribution in [0.3, 0.4) is 0 Å². The highest BCUT2D eigenvalue weighted by molar-refractivity contribution is 9.11. The standard InChI is InChI=1S/C14H17Br3N6O4/c15-8-1-9(16)12(10(17)2-8)18-3-11-19-13(22(4-24)5-25)21-14(20-11)23(6-26)7-27/h1-2,18,24-27H,3-7H2. The molecule has 0 aliphatic carbocycles. The zero-order valence-electron chi connectivity index (χ0n) is 13.8. The highest BCUT2D eigenvalue weighted by Crippen LogP contribution is 2.34. The number of benzene rings is 1. The second-order valence-corrected chi connectivity index (χ2v) is 7.72. The molecule has 0 aliphatic rings. The van der Waals surface area contributed by atoms with Crippen LogP contribution in [-0.2, 0) is 6.54 Å². The van der Waals surface area contributed by atoms with Crippen LogP contribution in [-0.4, -0.2) is 62.3 Å². The van der Waals surface area contributed by atoms with Crippen molar-refractivity contribution < 1.29 is 20.4 Å². The van der Waals surface area contributed by atoms with Crippen LogP contribution in [0.2, 0.25) is 0 Å².